The lowest BCUT2D eigenvalue weighted by atomic mass is 9.90. The molecule has 2 atom stereocenters. The number of halogens is 3. The third-order valence-electron chi connectivity index (χ3n) is 5.18. The summed E-state index contributed by atoms with van der Waals surface area (Å²) in [5.41, 5.74) is 0.585. The molecule has 34 heavy (non-hydrogen) atoms. The molecule has 1 aromatic carbocycles. The maximum absolute atomic E-state index is 13.0. The van der Waals surface area contributed by atoms with Gasteiger partial charge in [-0.05, 0) is 68.9 Å². The number of aliphatic hydroxyl groups is 1. The second kappa shape index (κ2) is 10.6. The minimum absolute atomic E-state index is 0.0500. The highest BCUT2D eigenvalue weighted by Crippen LogP contribution is 2.31. The summed E-state index contributed by atoms with van der Waals surface area (Å²) in [4.78, 5) is 18.7. The van der Waals surface area contributed by atoms with Gasteiger partial charge in [-0.2, -0.15) is 0 Å². The number of rotatable bonds is 6. The van der Waals surface area contributed by atoms with Crippen molar-refractivity contribution in [3.05, 3.63) is 53.7 Å². The number of pyridine rings is 1. The van der Waals surface area contributed by atoms with E-state index in [1.165, 1.54) is 23.1 Å². The molecule has 0 aliphatic carbocycles. The van der Waals surface area contributed by atoms with Crippen molar-refractivity contribution in [3.63, 3.8) is 0 Å². The molecular formula is C24H29F3N2O5. The van der Waals surface area contributed by atoms with E-state index in [1.807, 2.05) is 6.07 Å². The summed E-state index contributed by atoms with van der Waals surface area (Å²) in [5.74, 6) is 0.0833. The molecule has 1 saturated heterocycles. The third-order valence-corrected chi connectivity index (χ3v) is 5.18. The number of alkyl halides is 3. The van der Waals surface area contributed by atoms with Crippen LogP contribution < -0.4 is 9.64 Å². The molecule has 1 aliphatic rings. The number of carbonyl (C=O) groups is 1. The largest absolute Gasteiger partial charge is 0.573 e. The summed E-state index contributed by atoms with van der Waals surface area (Å²) in [7, 11) is 0. The first-order valence-electron chi connectivity index (χ1n) is 11.0. The highest BCUT2D eigenvalue weighted by atomic mass is 19.4. The normalized spacial score (nSPS) is 18.9. The van der Waals surface area contributed by atoms with Crippen molar-refractivity contribution in [1.82, 2.24) is 4.98 Å². The van der Waals surface area contributed by atoms with Crippen LogP contribution in [-0.4, -0.2) is 47.5 Å². The van der Waals surface area contributed by atoms with Gasteiger partial charge in [0.2, 0.25) is 0 Å². The Labute approximate surface area is 196 Å². The zero-order valence-electron chi connectivity index (χ0n) is 19.3. The number of amides is 1. The number of anilines is 1. The quantitative estimate of drug-likeness (QED) is 0.611. The summed E-state index contributed by atoms with van der Waals surface area (Å²) in [5, 5.41) is 9.38. The maximum Gasteiger partial charge on any atom is 0.573 e. The van der Waals surface area contributed by atoms with Gasteiger partial charge in [0.15, 0.2) is 0 Å². The lowest BCUT2D eigenvalue weighted by molar-refractivity contribution is -0.274. The third kappa shape index (κ3) is 7.59. The molecule has 10 heteroatoms. The Hall–Kier alpha value is -2.85. The SMILES string of the molecule is CC(C)(C)OC(=O)N(Cc1cccc(OC(F)(F)F)c1)c1ccc([C@H]2CCO[C@@H](CO)C2)cn1. The van der Waals surface area contributed by atoms with Gasteiger partial charge >= 0.3 is 12.5 Å². The maximum atomic E-state index is 13.0. The molecule has 1 amide bonds. The fourth-order valence-electron chi connectivity index (χ4n) is 3.69. The van der Waals surface area contributed by atoms with Crippen molar-refractivity contribution in [2.45, 2.75) is 64.1 Å². The summed E-state index contributed by atoms with van der Waals surface area (Å²) in [6.07, 6.45) is -2.59. The van der Waals surface area contributed by atoms with Crippen LogP contribution in [0.5, 0.6) is 5.75 Å². The minimum Gasteiger partial charge on any atom is -0.443 e. The molecule has 0 radical (unpaired) electrons. The van der Waals surface area contributed by atoms with E-state index >= 15 is 0 Å². The molecule has 0 spiro atoms. The molecule has 7 nitrogen and oxygen atoms in total. The molecule has 0 unspecified atom stereocenters. The van der Waals surface area contributed by atoms with Gasteiger partial charge in [0.1, 0.15) is 17.2 Å². The second-order valence-corrected chi connectivity index (χ2v) is 9.11. The molecule has 1 aromatic heterocycles. The van der Waals surface area contributed by atoms with Gasteiger partial charge in [-0.15, -0.1) is 13.2 Å². The summed E-state index contributed by atoms with van der Waals surface area (Å²) < 4.78 is 52.8. The van der Waals surface area contributed by atoms with Gasteiger partial charge in [0.25, 0.3) is 0 Å². The van der Waals surface area contributed by atoms with Gasteiger partial charge < -0.3 is 19.3 Å². The average molecular weight is 482 g/mol. The molecule has 1 fully saturated rings. The van der Waals surface area contributed by atoms with Gasteiger partial charge in [-0.1, -0.05) is 18.2 Å². The van der Waals surface area contributed by atoms with E-state index < -0.39 is 18.1 Å². The fourth-order valence-corrected chi connectivity index (χ4v) is 3.69. The van der Waals surface area contributed by atoms with E-state index in [0.29, 0.717) is 24.4 Å². The predicted octanol–water partition coefficient (Wildman–Crippen LogP) is 5.18. The predicted molar refractivity (Wildman–Crippen MR) is 119 cm³/mol. The van der Waals surface area contributed by atoms with Crippen molar-refractivity contribution < 1.29 is 37.3 Å². The Morgan fingerprint density at radius 3 is 2.62 bits per heavy atom. The van der Waals surface area contributed by atoms with E-state index in [4.69, 9.17) is 9.47 Å². The van der Waals surface area contributed by atoms with Crippen LogP contribution in [0.15, 0.2) is 42.6 Å². The topological polar surface area (TPSA) is 81.1 Å². The molecule has 1 aliphatic heterocycles. The first-order valence-corrected chi connectivity index (χ1v) is 11.0. The standard InChI is InChI=1S/C24H29F3N2O5/c1-23(2,3)34-22(31)29(14-16-5-4-6-19(11-16)33-24(25,26)27)21-8-7-18(13-28-21)17-9-10-32-20(12-17)15-30/h4-8,11,13,17,20,30H,9-10,12,14-15H2,1-3H3/t17-,20+/m0/s1. The lowest BCUT2D eigenvalue weighted by Gasteiger charge is -2.29. The van der Waals surface area contributed by atoms with Crippen LogP contribution >= 0.6 is 0 Å². The Bertz CT molecular complexity index is 960. The Morgan fingerprint density at radius 1 is 1.24 bits per heavy atom. The van der Waals surface area contributed by atoms with Gasteiger partial charge in [0.05, 0.1) is 19.3 Å². The molecular weight excluding hydrogens is 453 g/mol. The molecule has 0 bridgehead atoms. The highest BCUT2D eigenvalue weighted by Gasteiger charge is 2.31. The van der Waals surface area contributed by atoms with Crippen LogP contribution in [0.2, 0.25) is 0 Å². The first kappa shape index (κ1) is 25.8. The van der Waals surface area contributed by atoms with Crippen molar-refractivity contribution in [3.8, 4) is 5.75 Å². The van der Waals surface area contributed by atoms with Crippen molar-refractivity contribution in [2.75, 3.05) is 18.1 Å². The van der Waals surface area contributed by atoms with E-state index in [1.54, 1.807) is 39.1 Å². The molecule has 2 heterocycles. The average Bonchev–Trinajstić information content (AvgIpc) is 2.75. The highest BCUT2D eigenvalue weighted by molar-refractivity contribution is 5.86. The van der Waals surface area contributed by atoms with Crippen LogP contribution in [0, 0.1) is 0 Å². The lowest BCUT2D eigenvalue weighted by Crippen LogP contribution is -2.37. The van der Waals surface area contributed by atoms with E-state index in [-0.39, 0.29) is 30.9 Å². The van der Waals surface area contributed by atoms with Crippen molar-refractivity contribution >= 4 is 11.9 Å². The number of aromatic nitrogens is 1. The van der Waals surface area contributed by atoms with Crippen LogP contribution in [0.3, 0.4) is 0 Å². The van der Waals surface area contributed by atoms with E-state index in [0.717, 1.165) is 12.0 Å². The van der Waals surface area contributed by atoms with Crippen molar-refractivity contribution in [2.24, 2.45) is 0 Å². The smallest absolute Gasteiger partial charge is 0.443 e. The summed E-state index contributed by atoms with van der Waals surface area (Å²) >= 11 is 0. The van der Waals surface area contributed by atoms with Gasteiger partial charge in [-0.3, -0.25) is 4.90 Å². The molecule has 0 saturated carbocycles. The first-order chi connectivity index (χ1) is 15.9. The Morgan fingerprint density at radius 2 is 2.00 bits per heavy atom. The van der Waals surface area contributed by atoms with Crippen LogP contribution in [0.1, 0.15) is 50.7 Å². The van der Waals surface area contributed by atoms with Crippen LogP contribution in [0.25, 0.3) is 0 Å². The van der Waals surface area contributed by atoms with Gasteiger partial charge in [-0.25, -0.2) is 9.78 Å². The summed E-state index contributed by atoms with van der Waals surface area (Å²) in [6.45, 7) is 5.59. The fraction of sp³-hybridized carbons (Fsp3) is 0.500. The number of hydrogen-bond acceptors (Lipinski definition) is 6. The van der Waals surface area contributed by atoms with E-state index in [2.05, 4.69) is 9.72 Å². The van der Waals surface area contributed by atoms with Crippen molar-refractivity contribution in [1.29, 1.82) is 0 Å². The number of hydrogen-bond donors (Lipinski definition) is 1. The summed E-state index contributed by atoms with van der Waals surface area (Å²) in [6, 6.07) is 8.95. The molecule has 186 valence electrons. The Balaban J connectivity index is 1.83. The molecule has 2 aromatic rings. The number of aliphatic hydroxyl groups excluding tert-OH is 1. The second-order valence-electron chi connectivity index (χ2n) is 9.11. The Kier molecular flexibility index (Phi) is 8.04. The molecule has 1 N–H and O–H groups in total. The number of carbonyl (C=O) groups excluding carboxylic acids is 1. The van der Waals surface area contributed by atoms with Gasteiger partial charge in [0, 0.05) is 12.8 Å². The molecule has 3 rings (SSSR count). The van der Waals surface area contributed by atoms with E-state index in [9.17, 15) is 23.1 Å². The zero-order chi connectivity index (χ0) is 24.9. The number of nitrogens with zero attached hydrogens (tertiary/aromatic N) is 2. The number of benzene rings is 1. The van der Waals surface area contributed by atoms with Crippen LogP contribution in [0.4, 0.5) is 23.8 Å². The minimum atomic E-state index is -4.82. The van der Waals surface area contributed by atoms with Crippen LogP contribution in [-0.2, 0) is 16.0 Å². The zero-order valence-corrected chi connectivity index (χ0v) is 19.3. The monoisotopic (exact) mass is 482 g/mol. The number of ether oxygens (including phenoxy) is 3.